The molecule has 0 N–H and O–H groups in total. The maximum Gasteiger partial charge on any atom is 0.0265 e. The molecule has 0 nitrogen and oxygen atoms in total. The Bertz CT molecular complexity index is 198. The molecular weight excluding hydrogens is 152 g/mol. The van der Waals surface area contributed by atoms with Gasteiger partial charge in [-0.3, -0.25) is 0 Å². The van der Waals surface area contributed by atoms with Crippen LogP contribution in [0.2, 0.25) is 0 Å². The fourth-order valence-electron chi connectivity index (χ4n) is 0.579. The SMILES string of the molecule is [CH2]c1ccccc1SCl. The van der Waals surface area contributed by atoms with Gasteiger partial charge < -0.3 is 0 Å². The van der Waals surface area contributed by atoms with Crippen molar-refractivity contribution in [2.45, 2.75) is 4.90 Å². The van der Waals surface area contributed by atoms with E-state index in [1.807, 2.05) is 24.3 Å². The number of hydrogen-bond acceptors (Lipinski definition) is 1. The highest BCUT2D eigenvalue weighted by atomic mass is 35.7. The van der Waals surface area contributed by atoms with E-state index in [4.69, 9.17) is 10.7 Å². The Morgan fingerprint density at radius 2 is 2.00 bits per heavy atom. The molecular formula is C7H6ClS. The van der Waals surface area contributed by atoms with Gasteiger partial charge in [0.1, 0.15) is 0 Å². The Balaban J connectivity index is 3.01. The summed E-state index contributed by atoms with van der Waals surface area (Å²) in [5.74, 6) is 0. The monoisotopic (exact) mass is 157 g/mol. The van der Waals surface area contributed by atoms with Gasteiger partial charge in [-0.05, 0) is 40.2 Å². The molecule has 2 heteroatoms. The molecule has 0 aromatic heterocycles. The van der Waals surface area contributed by atoms with Crippen LogP contribution < -0.4 is 0 Å². The lowest BCUT2D eigenvalue weighted by Crippen LogP contribution is -1.72. The second-order valence-electron chi connectivity index (χ2n) is 1.68. The lowest BCUT2D eigenvalue weighted by atomic mass is 10.2. The Kier molecular flexibility index (Phi) is 2.43. The summed E-state index contributed by atoms with van der Waals surface area (Å²) in [5, 5.41) is 0. The number of benzene rings is 1. The lowest BCUT2D eigenvalue weighted by molar-refractivity contribution is 1.40. The fraction of sp³-hybridized carbons (Fsp3) is 0. The van der Waals surface area contributed by atoms with Gasteiger partial charge in [0.2, 0.25) is 0 Å². The van der Waals surface area contributed by atoms with Crippen LogP contribution in [0, 0.1) is 6.92 Å². The van der Waals surface area contributed by atoms with Crippen molar-refractivity contribution in [2.24, 2.45) is 0 Å². The third-order valence-corrected chi connectivity index (χ3v) is 2.12. The topological polar surface area (TPSA) is 0 Å². The minimum Gasteiger partial charge on any atom is -0.0619 e. The van der Waals surface area contributed by atoms with Crippen molar-refractivity contribution < 1.29 is 0 Å². The first-order valence-electron chi connectivity index (χ1n) is 2.54. The van der Waals surface area contributed by atoms with E-state index in [0.717, 1.165) is 10.5 Å². The van der Waals surface area contributed by atoms with Crippen LogP contribution in [0.4, 0.5) is 0 Å². The maximum atomic E-state index is 5.51. The summed E-state index contributed by atoms with van der Waals surface area (Å²) in [6.45, 7) is 3.79. The van der Waals surface area contributed by atoms with E-state index in [-0.39, 0.29) is 0 Å². The summed E-state index contributed by atoms with van der Waals surface area (Å²) < 4.78 is 0. The van der Waals surface area contributed by atoms with Gasteiger partial charge in [0.05, 0.1) is 0 Å². The second-order valence-corrected chi connectivity index (χ2v) is 2.74. The van der Waals surface area contributed by atoms with E-state index in [1.54, 1.807) is 0 Å². The summed E-state index contributed by atoms with van der Waals surface area (Å²) in [6, 6.07) is 7.77. The normalized spacial score (nSPS) is 9.56. The second kappa shape index (κ2) is 3.14. The predicted molar refractivity (Wildman–Crippen MR) is 42.6 cm³/mol. The van der Waals surface area contributed by atoms with Gasteiger partial charge in [0.15, 0.2) is 0 Å². The smallest absolute Gasteiger partial charge is 0.0265 e. The van der Waals surface area contributed by atoms with Gasteiger partial charge in [-0.15, -0.1) is 0 Å². The van der Waals surface area contributed by atoms with Crippen LogP contribution in [0.5, 0.6) is 0 Å². The Labute approximate surface area is 63.7 Å². The molecule has 0 saturated carbocycles. The van der Waals surface area contributed by atoms with Crippen LogP contribution >= 0.6 is 21.7 Å². The third-order valence-electron chi connectivity index (χ3n) is 1.06. The first kappa shape index (κ1) is 6.97. The quantitative estimate of drug-likeness (QED) is 0.604. The molecule has 0 bridgehead atoms. The molecule has 0 fully saturated rings. The number of hydrogen-bond donors (Lipinski definition) is 0. The van der Waals surface area contributed by atoms with E-state index in [1.165, 1.54) is 11.0 Å². The third kappa shape index (κ3) is 1.63. The first-order chi connectivity index (χ1) is 4.34. The summed E-state index contributed by atoms with van der Waals surface area (Å²) in [5.41, 5.74) is 0.984. The summed E-state index contributed by atoms with van der Waals surface area (Å²) >= 11 is 0. The van der Waals surface area contributed by atoms with Crippen molar-refractivity contribution in [1.29, 1.82) is 0 Å². The van der Waals surface area contributed by atoms with Gasteiger partial charge in [0, 0.05) is 4.90 Å². The van der Waals surface area contributed by atoms with Gasteiger partial charge in [-0.1, -0.05) is 18.2 Å². The van der Waals surface area contributed by atoms with Crippen LogP contribution in [-0.2, 0) is 0 Å². The van der Waals surface area contributed by atoms with Crippen molar-refractivity contribution in [2.75, 3.05) is 0 Å². The van der Waals surface area contributed by atoms with Crippen LogP contribution in [0.15, 0.2) is 29.2 Å². The Hall–Kier alpha value is -0.140. The number of halogens is 1. The highest BCUT2D eigenvalue weighted by molar-refractivity contribution is 8.21. The van der Waals surface area contributed by atoms with Gasteiger partial charge >= 0.3 is 0 Å². The molecule has 0 atom stereocenters. The molecule has 0 aliphatic carbocycles. The number of rotatable bonds is 1. The molecule has 1 aromatic rings. The Morgan fingerprint density at radius 3 is 2.44 bits per heavy atom. The maximum absolute atomic E-state index is 5.51. The minimum absolute atomic E-state index is 0.984. The Morgan fingerprint density at radius 1 is 1.33 bits per heavy atom. The molecule has 9 heavy (non-hydrogen) atoms. The first-order valence-corrected chi connectivity index (χ1v) is 4.18. The van der Waals surface area contributed by atoms with E-state index < -0.39 is 0 Å². The highest BCUT2D eigenvalue weighted by Gasteiger charge is 1.92. The summed E-state index contributed by atoms with van der Waals surface area (Å²) in [6.07, 6.45) is 0. The fourth-order valence-corrected chi connectivity index (χ4v) is 1.33. The lowest BCUT2D eigenvalue weighted by Gasteiger charge is -1.95. The van der Waals surface area contributed by atoms with E-state index in [2.05, 4.69) is 6.92 Å². The zero-order chi connectivity index (χ0) is 6.69. The largest absolute Gasteiger partial charge is 0.0619 e. The van der Waals surface area contributed by atoms with Crippen molar-refractivity contribution in [3.05, 3.63) is 36.8 Å². The molecule has 1 radical (unpaired) electrons. The van der Waals surface area contributed by atoms with Crippen molar-refractivity contribution in [1.82, 2.24) is 0 Å². The van der Waals surface area contributed by atoms with Crippen molar-refractivity contribution >= 4 is 21.7 Å². The zero-order valence-electron chi connectivity index (χ0n) is 4.80. The van der Waals surface area contributed by atoms with Gasteiger partial charge in [0.25, 0.3) is 0 Å². The van der Waals surface area contributed by atoms with E-state index in [9.17, 15) is 0 Å². The summed E-state index contributed by atoms with van der Waals surface area (Å²) in [7, 11) is 6.71. The molecule has 0 saturated heterocycles. The van der Waals surface area contributed by atoms with Crippen LogP contribution in [0.3, 0.4) is 0 Å². The molecule has 0 aliphatic heterocycles. The molecule has 0 aliphatic rings. The molecule has 0 amide bonds. The standard InChI is InChI=1S/C7H6ClS/c1-6-4-2-3-5-7(6)9-8/h2-5H,1H2. The van der Waals surface area contributed by atoms with E-state index >= 15 is 0 Å². The molecule has 1 aromatic carbocycles. The van der Waals surface area contributed by atoms with Crippen molar-refractivity contribution in [3.63, 3.8) is 0 Å². The highest BCUT2D eigenvalue weighted by Crippen LogP contribution is 2.24. The van der Waals surface area contributed by atoms with Gasteiger partial charge in [-0.2, -0.15) is 0 Å². The average molecular weight is 158 g/mol. The minimum atomic E-state index is 0.984. The average Bonchev–Trinajstić information content (AvgIpc) is 1.89. The van der Waals surface area contributed by atoms with E-state index in [0.29, 0.717) is 0 Å². The van der Waals surface area contributed by atoms with Gasteiger partial charge in [-0.25, -0.2) is 0 Å². The van der Waals surface area contributed by atoms with Crippen LogP contribution in [0.1, 0.15) is 5.56 Å². The summed E-state index contributed by atoms with van der Waals surface area (Å²) in [4.78, 5) is 1.03. The predicted octanol–water partition coefficient (Wildman–Crippen LogP) is 3.11. The molecule has 47 valence electrons. The van der Waals surface area contributed by atoms with Crippen molar-refractivity contribution in [3.8, 4) is 0 Å². The molecule has 0 heterocycles. The molecule has 0 unspecified atom stereocenters. The molecule has 1 rings (SSSR count). The van der Waals surface area contributed by atoms with Crippen LogP contribution in [-0.4, -0.2) is 0 Å². The molecule has 0 spiro atoms. The van der Waals surface area contributed by atoms with Crippen LogP contribution in [0.25, 0.3) is 0 Å². The zero-order valence-corrected chi connectivity index (χ0v) is 6.38.